The van der Waals surface area contributed by atoms with E-state index in [1.807, 2.05) is 74.4 Å². The number of amides is 1. The van der Waals surface area contributed by atoms with Gasteiger partial charge in [-0.3, -0.25) is 9.59 Å². The molecule has 0 spiro atoms. The summed E-state index contributed by atoms with van der Waals surface area (Å²) in [5.74, 6) is -0.233. The highest BCUT2D eigenvalue weighted by Gasteiger charge is 2.46. The van der Waals surface area contributed by atoms with Gasteiger partial charge in [0.2, 0.25) is 0 Å². The molecule has 198 valence electrons. The van der Waals surface area contributed by atoms with Crippen LogP contribution in [-0.2, 0) is 16.1 Å². The van der Waals surface area contributed by atoms with E-state index in [1.165, 1.54) is 19.1 Å². The molecule has 1 amide bonds. The number of aliphatic hydroxyl groups excluding tert-OH is 1. The monoisotopic (exact) mass is 516 g/mol. The van der Waals surface area contributed by atoms with Gasteiger partial charge in [-0.15, -0.1) is 0 Å². The largest absolute Gasteiger partial charge is 0.507 e. The van der Waals surface area contributed by atoms with Gasteiger partial charge in [-0.25, -0.2) is 0 Å². The Labute approximate surface area is 222 Å². The first kappa shape index (κ1) is 26.6. The highest BCUT2D eigenvalue weighted by Crippen LogP contribution is 2.42. The number of hydrogen-bond acceptors (Lipinski definition) is 7. The zero-order chi connectivity index (χ0) is 27.4. The van der Waals surface area contributed by atoms with Crippen LogP contribution in [0.2, 0.25) is 0 Å². The van der Waals surface area contributed by atoms with Gasteiger partial charge in [-0.05, 0) is 60.5 Å². The molecule has 1 atom stereocenters. The lowest BCUT2D eigenvalue weighted by Crippen LogP contribution is -2.29. The van der Waals surface area contributed by atoms with E-state index >= 15 is 0 Å². The molecule has 38 heavy (non-hydrogen) atoms. The van der Waals surface area contributed by atoms with Crippen LogP contribution in [0.3, 0.4) is 0 Å². The van der Waals surface area contributed by atoms with E-state index < -0.39 is 17.7 Å². The van der Waals surface area contributed by atoms with E-state index in [1.54, 1.807) is 18.2 Å². The third-order valence-corrected chi connectivity index (χ3v) is 6.51. The Balaban J connectivity index is 1.85. The van der Waals surface area contributed by atoms with Gasteiger partial charge in [-0.1, -0.05) is 24.3 Å². The van der Waals surface area contributed by atoms with Gasteiger partial charge in [0, 0.05) is 26.3 Å². The highest BCUT2D eigenvalue weighted by molar-refractivity contribution is 6.46. The molecule has 1 fully saturated rings. The first-order valence-electron chi connectivity index (χ1n) is 12.3. The molecule has 8 nitrogen and oxygen atoms in total. The number of likely N-dealkylation sites (tertiary alicyclic amines) is 1. The molecule has 3 aromatic carbocycles. The van der Waals surface area contributed by atoms with Gasteiger partial charge in [0.1, 0.15) is 23.0 Å². The number of ketones is 1. The lowest BCUT2D eigenvalue weighted by molar-refractivity contribution is -0.140. The maximum absolute atomic E-state index is 13.5. The quantitative estimate of drug-likeness (QED) is 0.249. The van der Waals surface area contributed by atoms with Crippen LogP contribution in [-0.4, -0.2) is 56.6 Å². The minimum Gasteiger partial charge on any atom is -0.507 e. The topological polar surface area (TPSA) is 88.5 Å². The Morgan fingerprint density at radius 2 is 1.58 bits per heavy atom. The van der Waals surface area contributed by atoms with Crippen LogP contribution in [0.25, 0.3) is 5.76 Å². The number of carbonyl (C=O) groups is 2. The molecule has 1 aliphatic heterocycles. The first-order chi connectivity index (χ1) is 18.3. The number of methoxy groups -OCH3 is 2. The maximum Gasteiger partial charge on any atom is 0.295 e. The van der Waals surface area contributed by atoms with Crippen LogP contribution >= 0.6 is 0 Å². The molecule has 0 bridgehead atoms. The first-order valence-corrected chi connectivity index (χ1v) is 12.3. The molecule has 0 radical (unpaired) electrons. The van der Waals surface area contributed by atoms with Crippen LogP contribution in [0, 0.1) is 0 Å². The number of rotatable bonds is 9. The lowest BCUT2D eigenvalue weighted by atomic mass is 9.94. The minimum absolute atomic E-state index is 0.00917. The van der Waals surface area contributed by atoms with E-state index in [2.05, 4.69) is 0 Å². The fourth-order valence-corrected chi connectivity index (χ4v) is 4.54. The summed E-state index contributed by atoms with van der Waals surface area (Å²) >= 11 is 0. The molecule has 1 N–H and O–H groups in total. The molecule has 1 aliphatic rings. The van der Waals surface area contributed by atoms with Crippen molar-refractivity contribution in [1.82, 2.24) is 4.90 Å². The number of hydrogen-bond donors (Lipinski definition) is 1. The molecule has 1 heterocycles. The molecule has 3 aromatic rings. The van der Waals surface area contributed by atoms with Crippen molar-refractivity contribution in [3.63, 3.8) is 0 Å². The zero-order valence-electron chi connectivity index (χ0n) is 22.2. The Bertz CT molecular complexity index is 1350. The summed E-state index contributed by atoms with van der Waals surface area (Å²) < 4.78 is 16.3. The average Bonchev–Trinajstić information content (AvgIpc) is 3.18. The second-order valence-electron chi connectivity index (χ2n) is 9.06. The molecule has 4 rings (SSSR count). The fraction of sp³-hybridized carbons (Fsp3) is 0.267. The van der Waals surface area contributed by atoms with E-state index in [0.717, 1.165) is 17.0 Å². The number of anilines is 1. The predicted octanol–water partition coefficient (Wildman–Crippen LogP) is 4.79. The van der Waals surface area contributed by atoms with Gasteiger partial charge in [0.25, 0.3) is 11.7 Å². The predicted molar refractivity (Wildman–Crippen MR) is 146 cm³/mol. The Kier molecular flexibility index (Phi) is 7.90. The second-order valence-corrected chi connectivity index (χ2v) is 9.06. The van der Waals surface area contributed by atoms with Crippen molar-refractivity contribution in [3.8, 4) is 17.2 Å². The average molecular weight is 517 g/mol. The maximum atomic E-state index is 13.5. The van der Waals surface area contributed by atoms with Gasteiger partial charge in [-0.2, -0.15) is 0 Å². The number of ether oxygens (including phenoxy) is 3. The van der Waals surface area contributed by atoms with Gasteiger partial charge < -0.3 is 29.1 Å². The summed E-state index contributed by atoms with van der Waals surface area (Å²) in [5.41, 5.74) is 2.74. The van der Waals surface area contributed by atoms with E-state index in [0.29, 0.717) is 23.7 Å². The lowest BCUT2D eigenvalue weighted by Gasteiger charge is -2.26. The van der Waals surface area contributed by atoms with Gasteiger partial charge >= 0.3 is 0 Å². The van der Waals surface area contributed by atoms with Crippen LogP contribution in [0.15, 0.2) is 72.3 Å². The van der Waals surface area contributed by atoms with E-state index in [9.17, 15) is 14.7 Å². The summed E-state index contributed by atoms with van der Waals surface area (Å²) in [6, 6.07) is 19.1. The Hall–Kier alpha value is -4.46. The number of benzene rings is 3. The normalized spacial score (nSPS) is 16.4. The van der Waals surface area contributed by atoms with Crippen LogP contribution in [0.5, 0.6) is 17.2 Å². The highest BCUT2D eigenvalue weighted by atomic mass is 16.5. The van der Waals surface area contributed by atoms with Crippen molar-refractivity contribution in [3.05, 3.63) is 89.0 Å². The molecule has 0 aromatic heterocycles. The number of carbonyl (C=O) groups excluding carboxylic acids is 2. The zero-order valence-corrected chi connectivity index (χ0v) is 22.2. The fourth-order valence-electron chi connectivity index (χ4n) is 4.54. The molecule has 0 saturated carbocycles. The van der Waals surface area contributed by atoms with Crippen molar-refractivity contribution < 1.29 is 28.9 Å². The van der Waals surface area contributed by atoms with E-state index in [-0.39, 0.29) is 23.4 Å². The number of aliphatic hydroxyl groups is 1. The van der Waals surface area contributed by atoms with Crippen molar-refractivity contribution >= 4 is 23.1 Å². The summed E-state index contributed by atoms with van der Waals surface area (Å²) in [5, 5.41) is 11.5. The number of Topliss-reactive ketones (excluding diaryl/α,β-unsaturated/α-hetero) is 1. The molecule has 0 aliphatic carbocycles. The Morgan fingerprint density at radius 3 is 2.16 bits per heavy atom. The van der Waals surface area contributed by atoms with Crippen LogP contribution in [0.1, 0.15) is 29.7 Å². The molecular weight excluding hydrogens is 484 g/mol. The van der Waals surface area contributed by atoms with Crippen molar-refractivity contribution in [1.29, 1.82) is 0 Å². The SMILES string of the molecule is CCOc1ccc(CN2C(=O)C(=O)/C(=C(/O)c3cc(OC)ccc3OC)C2c2ccc(N(C)C)cc2)cc1. The van der Waals surface area contributed by atoms with Crippen LogP contribution in [0.4, 0.5) is 5.69 Å². The van der Waals surface area contributed by atoms with E-state index in [4.69, 9.17) is 14.2 Å². The van der Waals surface area contributed by atoms with Gasteiger partial charge in [0.05, 0.1) is 38.0 Å². The molecule has 8 heteroatoms. The van der Waals surface area contributed by atoms with Crippen molar-refractivity contribution in [2.24, 2.45) is 0 Å². The molecule has 1 saturated heterocycles. The standard InChI is InChI=1S/C30H32N2O6/c1-6-38-22-13-7-19(8-14-22)18-32-27(20-9-11-21(12-10-20)31(2)3)26(29(34)30(32)35)28(33)24-17-23(36-4)15-16-25(24)37-5/h7-17,27,33H,6,18H2,1-5H3/b28-26+. The third kappa shape index (κ3) is 5.16. The smallest absolute Gasteiger partial charge is 0.295 e. The Morgan fingerprint density at radius 1 is 0.921 bits per heavy atom. The summed E-state index contributed by atoms with van der Waals surface area (Å²) in [7, 11) is 6.85. The second kappa shape index (κ2) is 11.3. The van der Waals surface area contributed by atoms with Crippen molar-refractivity contribution in [2.45, 2.75) is 19.5 Å². The summed E-state index contributed by atoms with van der Waals surface area (Å²) in [6.07, 6.45) is 0. The molecule has 1 unspecified atom stereocenters. The van der Waals surface area contributed by atoms with Crippen molar-refractivity contribution in [2.75, 3.05) is 39.8 Å². The summed E-state index contributed by atoms with van der Waals surface area (Å²) in [6.45, 7) is 2.62. The third-order valence-electron chi connectivity index (χ3n) is 6.51. The van der Waals surface area contributed by atoms with Gasteiger partial charge in [0.15, 0.2) is 0 Å². The minimum atomic E-state index is -0.811. The number of nitrogens with zero attached hydrogens (tertiary/aromatic N) is 2. The summed E-state index contributed by atoms with van der Waals surface area (Å²) in [4.78, 5) is 30.3. The molecular formula is C30H32N2O6. The van der Waals surface area contributed by atoms with Crippen LogP contribution < -0.4 is 19.1 Å².